The van der Waals surface area contributed by atoms with Gasteiger partial charge >= 0.3 is 0 Å². The van der Waals surface area contributed by atoms with Gasteiger partial charge in [-0.05, 0) is 43.3 Å². The van der Waals surface area contributed by atoms with Crippen LogP contribution < -0.4 is 10.1 Å². The average Bonchev–Trinajstić information content (AvgIpc) is 2.53. The van der Waals surface area contributed by atoms with Crippen molar-refractivity contribution in [2.45, 2.75) is 11.8 Å². The fraction of sp³-hybridized carbons (Fsp3) is 0.235. The summed E-state index contributed by atoms with van der Waals surface area (Å²) in [7, 11) is 0. The topological polar surface area (TPSA) is 38.3 Å². The second-order valence-corrected chi connectivity index (χ2v) is 5.80. The third kappa shape index (κ3) is 5.77. The fourth-order valence-corrected chi connectivity index (χ4v) is 2.45. The Kier molecular flexibility index (Phi) is 6.27. The quantitative estimate of drug-likeness (QED) is 0.628. The van der Waals surface area contributed by atoms with Gasteiger partial charge in [0.2, 0.25) is 5.91 Å². The largest absolute Gasteiger partial charge is 0.492 e. The van der Waals surface area contributed by atoms with Crippen LogP contribution in [-0.2, 0) is 4.79 Å². The third-order valence-corrected chi connectivity index (χ3v) is 3.91. The molecule has 0 aromatic heterocycles. The molecule has 0 spiro atoms. The number of amides is 1. The molecule has 5 heteroatoms. The van der Waals surface area contributed by atoms with E-state index in [1.54, 1.807) is 12.1 Å². The minimum atomic E-state index is -0.276. The number of carbonyl (C=O) groups is 1. The first kappa shape index (κ1) is 16.4. The average molecular weight is 319 g/mol. The van der Waals surface area contributed by atoms with Gasteiger partial charge in [0.25, 0.3) is 0 Å². The van der Waals surface area contributed by atoms with Gasteiger partial charge in [-0.2, -0.15) is 0 Å². The predicted octanol–water partition coefficient (Wildman–Crippen LogP) is 3.42. The van der Waals surface area contributed by atoms with Crippen molar-refractivity contribution >= 4 is 17.7 Å². The molecular formula is C17H18FNO2S. The van der Waals surface area contributed by atoms with E-state index in [0.717, 1.165) is 10.6 Å². The van der Waals surface area contributed by atoms with E-state index >= 15 is 0 Å². The maximum absolute atomic E-state index is 12.8. The van der Waals surface area contributed by atoms with Crippen LogP contribution in [0.25, 0.3) is 0 Å². The van der Waals surface area contributed by atoms with E-state index in [4.69, 9.17) is 4.74 Å². The molecule has 2 rings (SSSR count). The molecule has 2 aromatic rings. The van der Waals surface area contributed by atoms with Gasteiger partial charge in [-0.3, -0.25) is 4.79 Å². The van der Waals surface area contributed by atoms with Crippen molar-refractivity contribution in [2.24, 2.45) is 0 Å². The smallest absolute Gasteiger partial charge is 0.230 e. The van der Waals surface area contributed by atoms with Crippen molar-refractivity contribution in [3.8, 4) is 5.75 Å². The SMILES string of the molecule is Cc1ccc(OCCNC(=O)CSc2ccc(F)cc2)cc1. The number of hydrogen-bond donors (Lipinski definition) is 1. The summed E-state index contributed by atoms with van der Waals surface area (Å²) in [4.78, 5) is 12.5. The lowest BCUT2D eigenvalue weighted by molar-refractivity contribution is -0.118. The Balaban J connectivity index is 1.61. The van der Waals surface area contributed by atoms with E-state index in [0.29, 0.717) is 18.9 Å². The number of rotatable bonds is 7. The monoisotopic (exact) mass is 319 g/mol. The summed E-state index contributed by atoms with van der Waals surface area (Å²) in [5, 5.41) is 2.79. The Hall–Kier alpha value is -2.01. The number of halogens is 1. The highest BCUT2D eigenvalue weighted by Crippen LogP contribution is 2.17. The highest BCUT2D eigenvalue weighted by Gasteiger charge is 2.03. The molecule has 0 fully saturated rings. The number of thioether (sulfide) groups is 1. The number of carbonyl (C=O) groups excluding carboxylic acids is 1. The fourth-order valence-electron chi connectivity index (χ4n) is 1.72. The van der Waals surface area contributed by atoms with Crippen LogP contribution >= 0.6 is 11.8 Å². The number of hydrogen-bond acceptors (Lipinski definition) is 3. The van der Waals surface area contributed by atoms with E-state index in [-0.39, 0.29) is 11.7 Å². The van der Waals surface area contributed by atoms with E-state index in [2.05, 4.69) is 5.32 Å². The van der Waals surface area contributed by atoms with Crippen molar-refractivity contribution in [3.63, 3.8) is 0 Å². The first-order chi connectivity index (χ1) is 10.6. The van der Waals surface area contributed by atoms with E-state index in [1.807, 2.05) is 31.2 Å². The minimum absolute atomic E-state index is 0.0677. The lowest BCUT2D eigenvalue weighted by Crippen LogP contribution is -2.29. The lowest BCUT2D eigenvalue weighted by atomic mass is 10.2. The molecule has 1 amide bonds. The van der Waals surface area contributed by atoms with Crippen molar-refractivity contribution in [2.75, 3.05) is 18.9 Å². The van der Waals surface area contributed by atoms with Crippen LogP contribution in [0.15, 0.2) is 53.4 Å². The Labute approximate surface area is 133 Å². The molecule has 22 heavy (non-hydrogen) atoms. The van der Waals surface area contributed by atoms with Gasteiger partial charge in [-0.25, -0.2) is 4.39 Å². The van der Waals surface area contributed by atoms with E-state index < -0.39 is 0 Å². The lowest BCUT2D eigenvalue weighted by Gasteiger charge is -2.08. The third-order valence-electron chi connectivity index (χ3n) is 2.90. The molecule has 0 aliphatic heterocycles. The molecule has 3 nitrogen and oxygen atoms in total. The zero-order chi connectivity index (χ0) is 15.8. The maximum atomic E-state index is 12.8. The zero-order valence-electron chi connectivity index (χ0n) is 12.3. The number of ether oxygens (including phenoxy) is 1. The number of aryl methyl sites for hydroxylation is 1. The summed E-state index contributed by atoms with van der Waals surface area (Å²) < 4.78 is 18.3. The summed E-state index contributed by atoms with van der Waals surface area (Å²) >= 11 is 1.37. The number of benzene rings is 2. The van der Waals surface area contributed by atoms with Crippen LogP contribution in [-0.4, -0.2) is 24.8 Å². The normalized spacial score (nSPS) is 10.3. The molecule has 0 bridgehead atoms. The number of nitrogens with one attached hydrogen (secondary N) is 1. The molecule has 0 radical (unpaired) electrons. The molecule has 0 saturated carbocycles. The summed E-state index contributed by atoms with van der Waals surface area (Å²) in [6.45, 7) is 2.90. The van der Waals surface area contributed by atoms with Crippen molar-refractivity contribution in [1.82, 2.24) is 5.32 Å². The van der Waals surface area contributed by atoms with E-state index in [9.17, 15) is 9.18 Å². The van der Waals surface area contributed by atoms with Crippen molar-refractivity contribution in [3.05, 3.63) is 59.9 Å². The first-order valence-electron chi connectivity index (χ1n) is 6.98. The molecule has 0 saturated heterocycles. The van der Waals surface area contributed by atoms with Crippen LogP contribution in [0.1, 0.15) is 5.56 Å². The first-order valence-corrected chi connectivity index (χ1v) is 7.96. The van der Waals surface area contributed by atoms with Crippen molar-refractivity contribution < 1.29 is 13.9 Å². The highest BCUT2D eigenvalue weighted by molar-refractivity contribution is 8.00. The van der Waals surface area contributed by atoms with Crippen LogP contribution in [0.3, 0.4) is 0 Å². The van der Waals surface area contributed by atoms with Gasteiger partial charge in [0, 0.05) is 4.90 Å². The second kappa shape index (κ2) is 8.44. The molecule has 0 heterocycles. The van der Waals surface area contributed by atoms with Crippen LogP contribution in [0.4, 0.5) is 4.39 Å². The summed E-state index contributed by atoms with van der Waals surface area (Å²) in [5.41, 5.74) is 1.18. The van der Waals surface area contributed by atoms with Crippen molar-refractivity contribution in [1.29, 1.82) is 0 Å². The Morgan fingerprint density at radius 2 is 1.82 bits per heavy atom. The molecule has 0 atom stereocenters. The summed E-state index contributed by atoms with van der Waals surface area (Å²) in [6.07, 6.45) is 0. The maximum Gasteiger partial charge on any atom is 0.230 e. The minimum Gasteiger partial charge on any atom is -0.492 e. The van der Waals surface area contributed by atoms with Gasteiger partial charge in [0.05, 0.1) is 12.3 Å². The summed E-state index contributed by atoms with van der Waals surface area (Å²) in [6, 6.07) is 13.9. The van der Waals surface area contributed by atoms with Crippen LogP contribution in [0.2, 0.25) is 0 Å². The Bertz CT molecular complexity index is 599. The van der Waals surface area contributed by atoms with Gasteiger partial charge in [-0.1, -0.05) is 17.7 Å². The molecular weight excluding hydrogens is 301 g/mol. The Morgan fingerprint density at radius 3 is 2.50 bits per heavy atom. The molecule has 1 N–H and O–H groups in total. The predicted molar refractivity (Wildman–Crippen MR) is 86.8 cm³/mol. The highest BCUT2D eigenvalue weighted by atomic mass is 32.2. The van der Waals surface area contributed by atoms with E-state index in [1.165, 1.54) is 29.5 Å². The van der Waals surface area contributed by atoms with Gasteiger partial charge in [0.15, 0.2) is 0 Å². The van der Waals surface area contributed by atoms with Crippen LogP contribution in [0, 0.1) is 12.7 Å². The molecule has 0 aliphatic carbocycles. The van der Waals surface area contributed by atoms with Crippen LogP contribution in [0.5, 0.6) is 5.75 Å². The molecule has 0 unspecified atom stereocenters. The Morgan fingerprint density at radius 1 is 1.14 bits per heavy atom. The second-order valence-electron chi connectivity index (χ2n) is 4.75. The molecule has 116 valence electrons. The van der Waals surface area contributed by atoms with Gasteiger partial charge < -0.3 is 10.1 Å². The standard InChI is InChI=1S/C17H18FNO2S/c1-13-2-6-15(7-3-13)21-11-10-19-17(20)12-22-16-8-4-14(18)5-9-16/h2-9H,10-12H2,1H3,(H,19,20). The molecule has 2 aromatic carbocycles. The van der Waals surface area contributed by atoms with Gasteiger partial charge in [-0.15, -0.1) is 11.8 Å². The molecule has 0 aliphatic rings. The zero-order valence-corrected chi connectivity index (χ0v) is 13.2. The summed E-state index contributed by atoms with van der Waals surface area (Å²) in [5.74, 6) is 0.750. The van der Waals surface area contributed by atoms with Gasteiger partial charge in [0.1, 0.15) is 18.2 Å².